The highest BCUT2D eigenvalue weighted by atomic mass is 35.5. The van der Waals surface area contributed by atoms with E-state index in [2.05, 4.69) is 21.8 Å². The molecule has 0 unspecified atom stereocenters. The first kappa shape index (κ1) is 31.4. The zero-order valence-corrected chi connectivity index (χ0v) is 27.5. The van der Waals surface area contributed by atoms with Crippen molar-refractivity contribution in [1.82, 2.24) is 4.72 Å². The van der Waals surface area contributed by atoms with Gasteiger partial charge >= 0.3 is 0 Å². The number of carbonyl (C=O) groups is 1. The van der Waals surface area contributed by atoms with E-state index in [4.69, 9.17) is 16.3 Å². The Bertz CT molecular complexity index is 1540. The van der Waals surface area contributed by atoms with Crippen LogP contribution in [0.15, 0.2) is 48.6 Å². The van der Waals surface area contributed by atoms with E-state index in [0.717, 1.165) is 42.8 Å². The molecule has 1 fully saturated rings. The molecule has 0 aromatic heterocycles. The van der Waals surface area contributed by atoms with Crippen molar-refractivity contribution in [2.24, 2.45) is 23.7 Å². The first-order chi connectivity index (χ1) is 21.0. The number of fused-ring (bicyclic) bond motifs is 4. The molecule has 7 nitrogen and oxygen atoms in total. The Morgan fingerprint density at radius 1 is 1.18 bits per heavy atom. The van der Waals surface area contributed by atoms with Crippen molar-refractivity contribution < 1.29 is 23.1 Å². The second kappa shape index (κ2) is 12.3. The second-order valence-corrected chi connectivity index (χ2v) is 16.4. The van der Waals surface area contributed by atoms with E-state index < -0.39 is 27.3 Å². The van der Waals surface area contributed by atoms with E-state index in [1.54, 1.807) is 12.1 Å². The third kappa shape index (κ3) is 6.14. The Balaban J connectivity index is 1.42. The number of benzene rings is 2. The van der Waals surface area contributed by atoms with Crippen molar-refractivity contribution >= 4 is 33.2 Å². The first-order valence-electron chi connectivity index (χ1n) is 16.2. The third-order valence-electron chi connectivity index (χ3n) is 10.5. The summed E-state index contributed by atoms with van der Waals surface area (Å²) in [5.74, 6) is 0.379. The molecule has 238 valence electrons. The molecular formula is C35H45ClN2O5S. The molecule has 1 spiro atoms. The molecule has 2 aliphatic carbocycles. The van der Waals surface area contributed by atoms with Crippen LogP contribution in [0.2, 0.25) is 5.02 Å². The fourth-order valence-electron chi connectivity index (χ4n) is 7.93. The average Bonchev–Trinajstić information content (AvgIpc) is 3.10. The van der Waals surface area contributed by atoms with E-state index in [-0.39, 0.29) is 29.1 Å². The zero-order chi connectivity index (χ0) is 31.2. The predicted octanol–water partition coefficient (Wildman–Crippen LogP) is 6.27. The van der Waals surface area contributed by atoms with Crippen LogP contribution in [0, 0.1) is 23.7 Å². The summed E-state index contributed by atoms with van der Waals surface area (Å²) in [5, 5.41) is 11.2. The van der Waals surface area contributed by atoms with E-state index in [0.29, 0.717) is 43.9 Å². The van der Waals surface area contributed by atoms with Gasteiger partial charge in [-0.15, -0.1) is 0 Å². The van der Waals surface area contributed by atoms with Crippen LogP contribution in [-0.4, -0.2) is 50.5 Å². The Labute approximate surface area is 267 Å². The van der Waals surface area contributed by atoms with Crippen LogP contribution in [0.4, 0.5) is 5.69 Å². The van der Waals surface area contributed by atoms with Crippen molar-refractivity contribution in [3.63, 3.8) is 0 Å². The molecule has 0 saturated heterocycles. The molecule has 2 aromatic rings. The number of nitrogens with one attached hydrogen (secondary N) is 1. The number of aliphatic hydroxyl groups excluding tert-OH is 1. The number of aryl methyl sites for hydroxylation is 1. The zero-order valence-electron chi connectivity index (χ0n) is 26.0. The topological polar surface area (TPSA) is 95.9 Å². The normalized spacial score (nSPS) is 32.5. The van der Waals surface area contributed by atoms with Gasteiger partial charge in [0.25, 0.3) is 5.91 Å². The number of rotatable bonds is 2. The van der Waals surface area contributed by atoms with Crippen LogP contribution in [0.5, 0.6) is 5.75 Å². The van der Waals surface area contributed by atoms with Crippen molar-refractivity contribution in [3.8, 4) is 5.75 Å². The number of ether oxygens (including phenoxy) is 1. The SMILES string of the molecule is CC(C)C[C@H]1[C@H](C)C/C=C/[C@H](O)[C@@H]2CC[C@H]2CN2C[C@@]3(CCCc4cc(Cl)ccc43)COc3ccc(cc32)C(=O)NS1(=O)=O. The molecule has 4 aliphatic rings. The van der Waals surface area contributed by atoms with Gasteiger partial charge in [-0.05, 0) is 110 Å². The molecule has 1 saturated carbocycles. The molecule has 2 N–H and O–H groups in total. The Kier molecular flexibility index (Phi) is 8.81. The number of amides is 1. The average molecular weight is 641 g/mol. The summed E-state index contributed by atoms with van der Waals surface area (Å²) in [4.78, 5) is 15.9. The van der Waals surface area contributed by atoms with E-state index in [1.807, 2.05) is 45.1 Å². The highest BCUT2D eigenvalue weighted by Gasteiger charge is 2.44. The highest BCUT2D eigenvalue weighted by molar-refractivity contribution is 7.90. The first-order valence-corrected chi connectivity index (χ1v) is 18.1. The number of halogens is 1. The number of nitrogens with zero attached hydrogens (tertiary/aromatic N) is 1. The van der Waals surface area contributed by atoms with Gasteiger partial charge in [-0.1, -0.05) is 50.6 Å². The minimum absolute atomic E-state index is 0.122. The lowest BCUT2D eigenvalue weighted by atomic mass is 9.68. The summed E-state index contributed by atoms with van der Waals surface area (Å²) in [5.41, 5.74) is 3.34. The van der Waals surface area contributed by atoms with Crippen LogP contribution in [0.1, 0.15) is 80.8 Å². The lowest BCUT2D eigenvalue weighted by Gasteiger charge is -2.45. The maximum Gasteiger partial charge on any atom is 0.264 e. The molecule has 2 aromatic carbocycles. The summed E-state index contributed by atoms with van der Waals surface area (Å²) in [6, 6.07) is 11.4. The number of allylic oxidation sites excluding steroid dienone is 1. The van der Waals surface area contributed by atoms with Gasteiger partial charge < -0.3 is 14.7 Å². The lowest BCUT2D eigenvalue weighted by molar-refractivity contribution is 0.0455. The van der Waals surface area contributed by atoms with Crippen molar-refractivity contribution in [1.29, 1.82) is 0 Å². The van der Waals surface area contributed by atoms with Crippen molar-refractivity contribution in [2.45, 2.75) is 82.5 Å². The van der Waals surface area contributed by atoms with Gasteiger partial charge in [0.15, 0.2) is 0 Å². The number of aliphatic hydroxyl groups is 1. The Hall–Kier alpha value is -2.55. The number of sulfonamides is 1. The van der Waals surface area contributed by atoms with Crippen LogP contribution in [0.25, 0.3) is 0 Å². The van der Waals surface area contributed by atoms with Gasteiger partial charge in [-0.2, -0.15) is 0 Å². The molecule has 6 atom stereocenters. The van der Waals surface area contributed by atoms with E-state index in [1.165, 1.54) is 11.1 Å². The monoisotopic (exact) mass is 640 g/mol. The number of hydrogen-bond donors (Lipinski definition) is 2. The summed E-state index contributed by atoms with van der Waals surface area (Å²) < 4.78 is 36.3. The van der Waals surface area contributed by atoms with E-state index >= 15 is 0 Å². The Morgan fingerprint density at radius 2 is 2.00 bits per heavy atom. The summed E-state index contributed by atoms with van der Waals surface area (Å²) in [7, 11) is -3.97. The predicted molar refractivity (Wildman–Crippen MR) is 175 cm³/mol. The molecule has 44 heavy (non-hydrogen) atoms. The number of carbonyl (C=O) groups excluding carboxylic acids is 1. The van der Waals surface area contributed by atoms with Crippen LogP contribution >= 0.6 is 11.6 Å². The molecule has 6 rings (SSSR count). The smallest absolute Gasteiger partial charge is 0.264 e. The third-order valence-corrected chi connectivity index (χ3v) is 12.6. The molecule has 9 heteroatoms. The Morgan fingerprint density at radius 3 is 2.75 bits per heavy atom. The maximum atomic E-state index is 13.7. The largest absolute Gasteiger partial charge is 0.490 e. The van der Waals surface area contributed by atoms with Gasteiger partial charge in [0.1, 0.15) is 5.75 Å². The summed E-state index contributed by atoms with van der Waals surface area (Å²) in [6.07, 6.45) is 9.08. The summed E-state index contributed by atoms with van der Waals surface area (Å²) >= 11 is 6.40. The molecule has 2 aliphatic heterocycles. The van der Waals surface area contributed by atoms with Crippen LogP contribution in [0.3, 0.4) is 0 Å². The van der Waals surface area contributed by atoms with Crippen molar-refractivity contribution in [3.05, 3.63) is 70.3 Å². The fraction of sp³-hybridized carbons (Fsp3) is 0.571. The highest BCUT2D eigenvalue weighted by Crippen LogP contribution is 2.46. The molecule has 2 heterocycles. The standard InChI is InChI=1S/C35H45ClN2O5S/c1-22(2)16-33-23(3)6-4-8-31(39)28-12-9-26(28)19-38-20-35(15-5-7-24-17-27(36)11-13-29(24)35)21-43-32-14-10-25(18-30(32)38)34(40)37-44(33,41)42/h4,8,10-11,13-14,17-18,22-23,26,28,31,33,39H,5-7,9,12,15-16,19-21H2,1-3H3,(H,37,40)/b8-4+/t23-,26+,28-,31+,33+,35+/m1/s1. The van der Waals surface area contributed by atoms with Gasteiger partial charge in [0.05, 0.1) is 23.6 Å². The quantitative estimate of drug-likeness (QED) is 0.376. The molecular weight excluding hydrogens is 596 g/mol. The van der Waals surface area contributed by atoms with Gasteiger partial charge in [0.2, 0.25) is 10.0 Å². The van der Waals surface area contributed by atoms with E-state index in [9.17, 15) is 18.3 Å². The van der Waals surface area contributed by atoms with Gasteiger partial charge in [-0.3, -0.25) is 4.79 Å². The molecule has 1 amide bonds. The van der Waals surface area contributed by atoms with Crippen LogP contribution in [-0.2, 0) is 21.9 Å². The number of hydrogen-bond acceptors (Lipinski definition) is 6. The minimum Gasteiger partial charge on any atom is -0.490 e. The maximum absolute atomic E-state index is 13.7. The second-order valence-electron chi connectivity index (χ2n) is 14.1. The fourth-order valence-corrected chi connectivity index (χ4v) is 10.0. The minimum atomic E-state index is -3.97. The lowest BCUT2D eigenvalue weighted by Crippen LogP contribution is -2.49. The van der Waals surface area contributed by atoms with Crippen LogP contribution < -0.4 is 14.4 Å². The summed E-state index contributed by atoms with van der Waals surface area (Å²) in [6.45, 7) is 7.81. The molecule has 2 bridgehead atoms. The van der Waals surface area contributed by atoms with Gasteiger partial charge in [-0.25, -0.2) is 13.1 Å². The van der Waals surface area contributed by atoms with Gasteiger partial charge in [0, 0.05) is 29.1 Å². The molecule has 0 radical (unpaired) electrons. The van der Waals surface area contributed by atoms with Crippen molar-refractivity contribution in [2.75, 3.05) is 24.6 Å². The number of anilines is 1.